The van der Waals surface area contributed by atoms with E-state index in [0.29, 0.717) is 30.4 Å². The van der Waals surface area contributed by atoms with E-state index in [1.807, 2.05) is 0 Å². The van der Waals surface area contributed by atoms with Gasteiger partial charge in [-0.15, -0.1) is 0 Å². The third-order valence-electron chi connectivity index (χ3n) is 5.86. The maximum absolute atomic E-state index is 12.5. The Morgan fingerprint density at radius 3 is 2.70 bits per heavy atom. The maximum Gasteiger partial charge on any atom is 0.547 e. The predicted molar refractivity (Wildman–Crippen MR) is 115 cm³/mol. The molecule has 0 aromatic heterocycles. The van der Waals surface area contributed by atoms with E-state index in [9.17, 15) is 19.7 Å². The van der Waals surface area contributed by atoms with Gasteiger partial charge in [-0.05, 0) is 49.9 Å². The average Bonchev–Trinajstić information content (AvgIpc) is 2.69. The molecule has 0 saturated carbocycles. The van der Waals surface area contributed by atoms with Gasteiger partial charge in [0.2, 0.25) is 5.91 Å². The molecule has 1 atom stereocenters. The first-order valence-corrected chi connectivity index (χ1v) is 10.8. The van der Waals surface area contributed by atoms with Gasteiger partial charge in [-0.1, -0.05) is 26.0 Å². The molecule has 1 saturated heterocycles. The Kier molecular flexibility index (Phi) is 7.74. The Labute approximate surface area is 178 Å². The van der Waals surface area contributed by atoms with Crippen LogP contribution in [-0.4, -0.2) is 72.2 Å². The monoisotopic (exact) mass is 417 g/mol. The minimum Gasteiger partial charge on any atom is -0.534 e. The van der Waals surface area contributed by atoms with Crippen LogP contribution in [0.25, 0.3) is 0 Å². The number of carbonyl (C=O) groups excluding carboxylic acids is 1. The van der Waals surface area contributed by atoms with Gasteiger partial charge < -0.3 is 30.3 Å². The largest absolute Gasteiger partial charge is 0.547 e. The molecule has 164 valence electrons. The van der Waals surface area contributed by atoms with Gasteiger partial charge in [-0.2, -0.15) is 0 Å². The van der Waals surface area contributed by atoms with Gasteiger partial charge in [-0.3, -0.25) is 4.79 Å². The van der Waals surface area contributed by atoms with Crippen molar-refractivity contribution in [3.63, 3.8) is 0 Å². The quantitative estimate of drug-likeness (QED) is 0.466. The van der Waals surface area contributed by atoms with Crippen LogP contribution < -0.4 is 15.3 Å². The van der Waals surface area contributed by atoms with E-state index in [0.717, 1.165) is 39.0 Å². The zero-order chi connectivity index (χ0) is 21.7. The number of para-hydroxylation sites is 1. The summed E-state index contributed by atoms with van der Waals surface area (Å²) in [6, 6.07) is 5.34. The number of rotatable bonds is 8. The highest BCUT2D eigenvalue weighted by molar-refractivity contribution is 6.47. The molecule has 8 nitrogen and oxygen atoms in total. The fraction of sp³-hybridized carbons (Fsp3) is 0.619. The molecule has 0 aliphatic carbocycles. The van der Waals surface area contributed by atoms with Gasteiger partial charge in [-0.25, -0.2) is 4.79 Å². The lowest BCUT2D eigenvalue weighted by Crippen LogP contribution is -2.53. The van der Waals surface area contributed by atoms with Crippen LogP contribution in [0.5, 0.6) is 5.75 Å². The highest BCUT2D eigenvalue weighted by Gasteiger charge is 2.38. The van der Waals surface area contributed by atoms with Crippen LogP contribution in [0.4, 0.5) is 0 Å². The molecule has 0 radical (unpaired) electrons. The highest BCUT2D eigenvalue weighted by atomic mass is 16.5. The SMILES string of the molecule is CC(C)NCCN1CCC(CC(=O)NC2Cc3cccc(C(=O)O)c3OB2O)CC1. The average molecular weight is 417 g/mol. The van der Waals surface area contributed by atoms with Crippen LogP contribution in [0.3, 0.4) is 0 Å². The molecular weight excluding hydrogens is 385 g/mol. The summed E-state index contributed by atoms with van der Waals surface area (Å²) in [6.07, 6.45) is 2.75. The maximum atomic E-state index is 12.5. The summed E-state index contributed by atoms with van der Waals surface area (Å²) < 4.78 is 5.44. The van der Waals surface area contributed by atoms with E-state index in [1.54, 1.807) is 12.1 Å². The van der Waals surface area contributed by atoms with Gasteiger partial charge in [0.25, 0.3) is 0 Å². The minimum atomic E-state index is -1.27. The van der Waals surface area contributed by atoms with Gasteiger partial charge in [0.1, 0.15) is 5.75 Å². The molecule has 4 N–H and O–H groups in total. The van der Waals surface area contributed by atoms with Crippen molar-refractivity contribution < 1.29 is 24.4 Å². The third-order valence-corrected chi connectivity index (χ3v) is 5.86. The fourth-order valence-corrected chi connectivity index (χ4v) is 4.17. The van der Waals surface area contributed by atoms with E-state index in [4.69, 9.17) is 4.65 Å². The highest BCUT2D eigenvalue weighted by Crippen LogP contribution is 2.30. The van der Waals surface area contributed by atoms with Crippen molar-refractivity contribution in [2.24, 2.45) is 5.92 Å². The number of fused-ring (bicyclic) bond motifs is 1. The second-order valence-corrected chi connectivity index (χ2v) is 8.58. The van der Waals surface area contributed by atoms with E-state index in [1.165, 1.54) is 6.07 Å². The van der Waals surface area contributed by atoms with Crippen molar-refractivity contribution in [1.29, 1.82) is 0 Å². The predicted octanol–water partition coefficient (Wildman–Crippen LogP) is 0.924. The summed E-state index contributed by atoms with van der Waals surface area (Å²) in [5.41, 5.74) is 0.695. The number of carboxylic acids is 1. The number of amides is 1. The lowest BCUT2D eigenvalue weighted by molar-refractivity contribution is -0.122. The van der Waals surface area contributed by atoms with Crippen LogP contribution in [-0.2, 0) is 11.2 Å². The van der Waals surface area contributed by atoms with Crippen molar-refractivity contribution in [2.75, 3.05) is 26.2 Å². The molecule has 1 aromatic carbocycles. The van der Waals surface area contributed by atoms with Crippen molar-refractivity contribution in [3.05, 3.63) is 29.3 Å². The lowest BCUT2D eigenvalue weighted by Gasteiger charge is -2.33. The second kappa shape index (κ2) is 10.3. The van der Waals surface area contributed by atoms with Crippen molar-refractivity contribution in [1.82, 2.24) is 15.5 Å². The van der Waals surface area contributed by atoms with Crippen LogP contribution in [0.2, 0.25) is 0 Å². The molecular formula is C21H32BN3O5. The summed E-state index contributed by atoms with van der Waals surface area (Å²) in [5.74, 6) is -1.27. The fourth-order valence-electron chi connectivity index (χ4n) is 4.17. The van der Waals surface area contributed by atoms with Gasteiger partial charge in [0.15, 0.2) is 0 Å². The van der Waals surface area contributed by atoms with E-state index in [2.05, 4.69) is 29.4 Å². The number of aromatic carboxylic acids is 1. The van der Waals surface area contributed by atoms with Crippen molar-refractivity contribution in [2.45, 2.75) is 51.5 Å². The molecule has 1 unspecified atom stereocenters. The molecule has 1 aromatic rings. The Morgan fingerprint density at radius 2 is 2.03 bits per heavy atom. The summed E-state index contributed by atoms with van der Waals surface area (Å²) in [4.78, 5) is 26.3. The van der Waals surface area contributed by atoms with Crippen LogP contribution in [0.1, 0.15) is 49.0 Å². The molecule has 0 spiro atoms. The Bertz CT molecular complexity index is 752. The molecule has 1 fully saturated rings. The Balaban J connectivity index is 1.46. The van der Waals surface area contributed by atoms with Crippen LogP contribution >= 0.6 is 0 Å². The molecule has 0 bridgehead atoms. The number of nitrogens with one attached hydrogen (secondary N) is 2. The number of hydrogen-bond acceptors (Lipinski definition) is 6. The lowest BCUT2D eigenvalue weighted by atomic mass is 9.72. The van der Waals surface area contributed by atoms with Gasteiger partial charge >= 0.3 is 13.1 Å². The van der Waals surface area contributed by atoms with Crippen LogP contribution in [0, 0.1) is 5.92 Å². The molecule has 2 aliphatic rings. The number of carbonyl (C=O) groups is 2. The normalized spacial score (nSPS) is 20.0. The molecule has 2 heterocycles. The van der Waals surface area contributed by atoms with Crippen molar-refractivity contribution >= 4 is 19.0 Å². The number of carboxylic acid groups (broad SMARTS) is 1. The molecule has 3 rings (SSSR count). The van der Waals surface area contributed by atoms with Gasteiger partial charge in [0.05, 0.1) is 11.5 Å². The molecule has 2 aliphatic heterocycles. The number of piperidine rings is 1. The molecule has 1 amide bonds. The number of hydrogen-bond donors (Lipinski definition) is 4. The Morgan fingerprint density at radius 1 is 1.30 bits per heavy atom. The first kappa shape index (κ1) is 22.6. The topological polar surface area (TPSA) is 111 Å². The smallest absolute Gasteiger partial charge is 0.534 e. The first-order valence-electron chi connectivity index (χ1n) is 10.8. The van der Waals surface area contributed by atoms with Gasteiger partial charge in [0, 0.05) is 25.6 Å². The van der Waals surface area contributed by atoms with E-state index < -0.39 is 19.0 Å². The minimum absolute atomic E-state index is 0.0201. The number of nitrogens with zero attached hydrogens (tertiary/aromatic N) is 1. The summed E-state index contributed by atoms with van der Waals surface area (Å²) >= 11 is 0. The van der Waals surface area contributed by atoms with Crippen molar-refractivity contribution in [3.8, 4) is 5.75 Å². The standard InChI is InChI=1S/C21H32BN3O5/c1-14(2)23-8-11-25-9-6-15(7-10-25)12-19(26)24-18-13-16-4-3-5-17(21(27)28)20(16)30-22(18)29/h3-5,14-15,18,23,29H,6-13H2,1-2H3,(H,24,26)(H,27,28). The second-order valence-electron chi connectivity index (χ2n) is 8.58. The zero-order valence-corrected chi connectivity index (χ0v) is 17.8. The third kappa shape index (κ3) is 5.96. The number of likely N-dealkylation sites (tertiary alicyclic amines) is 1. The summed E-state index contributed by atoms with van der Waals surface area (Å²) in [5, 5.41) is 25.9. The molecule has 30 heavy (non-hydrogen) atoms. The van der Waals surface area contributed by atoms with Crippen LogP contribution in [0.15, 0.2) is 18.2 Å². The Hall–Kier alpha value is -2.10. The summed E-state index contributed by atoms with van der Waals surface area (Å²) in [6.45, 7) is 8.29. The summed E-state index contributed by atoms with van der Waals surface area (Å²) in [7, 11) is -1.27. The van der Waals surface area contributed by atoms with E-state index >= 15 is 0 Å². The van der Waals surface area contributed by atoms with E-state index in [-0.39, 0.29) is 17.2 Å². The first-order chi connectivity index (χ1) is 14.3. The zero-order valence-electron chi connectivity index (χ0n) is 17.8. The molecule has 9 heteroatoms. The number of benzene rings is 1.